The molecule has 0 radical (unpaired) electrons. The molecule has 1 aliphatic rings. The zero-order chi connectivity index (χ0) is 31.7. The molecule has 3 aromatic carbocycles. The van der Waals surface area contributed by atoms with Gasteiger partial charge in [-0.1, -0.05) is 85.8 Å². The fraction of sp³-hybridized carbons (Fsp3) is 0.371. The van der Waals surface area contributed by atoms with E-state index in [0.717, 1.165) is 18.5 Å². The number of aliphatic imine (C=N–C) groups is 2. The summed E-state index contributed by atoms with van der Waals surface area (Å²) in [5.74, 6) is -1.71. The summed E-state index contributed by atoms with van der Waals surface area (Å²) >= 11 is 0. The van der Waals surface area contributed by atoms with Crippen molar-refractivity contribution in [2.24, 2.45) is 9.98 Å². The molecule has 1 heterocycles. The second-order valence-electron chi connectivity index (χ2n) is 11.8. The summed E-state index contributed by atoms with van der Waals surface area (Å²) in [5.41, 5.74) is 2.21. The zero-order valence-electron chi connectivity index (χ0n) is 26.0. The number of carboxylic acid groups (broad SMARTS) is 1. The number of nitrogens with one attached hydrogen (secondary N) is 1. The van der Waals surface area contributed by atoms with Crippen molar-refractivity contribution in [1.29, 1.82) is 0 Å². The van der Waals surface area contributed by atoms with Crippen LogP contribution in [0.4, 0.5) is 10.5 Å². The van der Waals surface area contributed by atoms with Crippen LogP contribution in [0.25, 0.3) is 0 Å². The van der Waals surface area contributed by atoms with Crippen LogP contribution in [-0.4, -0.2) is 58.8 Å². The van der Waals surface area contributed by atoms with Gasteiger partial charge in [-0.05, 0) is 64.1 Å². The number of likely N-dealkylation sites (tertiary alicyclic amines) is 1. The third kappa shape index (κ3) is 10.00. The van der Waals surface area contributed by atoms with E-state index in [2.05, 4.69) is 20.2 Å². The molecule has 0 spiro atoms. The molecule has 0 aromatic heterocycles. The second-order valence-corrected chi connectivity index (χ2v) is 11.8. The number of carbonyl (C=O) groups is 2. The molecule has 0 aliphatic carbocycles. The number of nitrogens with zero attached hydrogens (tertiary/aromatic N) is 3. The van der Waals surface area contributed by atoms with Gasteiger partial charge in [0.05, 0.1) is 23.4 Å². The number of ether oxygens (including phenoxy) is 1. The number of hydrogen-bond donors (Lipinski definition) is 1. The largest absolute Gasteiger partial charge is 2.00 e. The van der Waals surface area contributed by atoms with Crippen molar-refractivity contribution in [2.75, 3.05) is 6.54 Å². The Hall–Kier alpha value is -4.01. The number of hydrogen-bond acceptors (Lipinski definition) is 8. The molecule has 9 nitrogen and oxygen atoms in total. The van der Waals surface area contributed by atoms with Crippen molar-refractivity contribution in [3.05, 3.63) is 102 Å². The van der Waals surface area contributed by atoms with Gasteiger partial charge in [0, 0.05) is 23.7 Å². The van der Waals surface area contributed by atoms with E-state index >= 15 is 0 Å². The van der Waals surface area contributed by atoms with Crippen LogP contribution in [0.15, 0.2) is 94.9 Å². The SMILES string of the molecule is CC[C@H](NC(=O)OC(C)(C)C)[C@@H](N=C(c1ccccc1)c1ccccc1N=C([O-])[C@H]1CCCN1Cc1ccccc1)C(=O)[O-].[Ni+2]. The van der Waals surface area contributed by atoms with Crippen molar-refractivity contribution in [3.8, 4) is 0 Å². The van der Waals surface area contributed by atoms with Crippen LogP contribution in [0.2, 0.25) is 0 Å². The molecule has 1 amide bonds. The van der Waals surface area contributed by atoms with E-state index in [1.165, 1.54) is 0 Å². The number of alkyl carbamates (subject to hydrolysis) is 1. The first-order valence-corrected chi connectivity index (χ1v) is 15.0. The maximum atomic E-state index is 13.6. The number of amides is 1. The van der Waals surface area contributed by atoms with Gasteiger partial charge in [-0.2, -0.15) is 0 Å². The molecule has 45 heavy (non-hydrogen) atoms. The maximum absolute atomic E-state index is 13.6. The normalized spacial score (nSPS) is 17.2. The molecule has 4 rings (SSSR count). The molecular weight excluding hydrogens is 615 g/mol. The van der Waals surface area contributed by atoms with Crippen LogP contribution in [0.1, 0.15) is 63.6 Å². The first-order valence-electron chi connectivity index (χ1n) is 15.0. The monoisotopic (exact) mass is 654 g/mol. The van der Waals surface area contributed by atoms with Gasteiger partial charge in [-0.3, -0.25) is 14.9 Å². The van der Waals surface area contributed by atoms with Gasteiger partial charge < -0.3 is 25.1 Å². The average molecular weight is 655 g/mol. The summed E-state index contributed by atoms with van der Waals surface area (Å²) < 4.78 is 5.36. The van der Waals surface area contributed by atoms with Crippen LogP contribution in [0, 0.1) is 0 Å². The molecule has 1 fully saturated rings. The smallest absolute Gasteiger partial charge is 0.861 e. The fourth-order valence-corrected chi connectivity index (χ4v) is 5.28. The summed E-state index contributed by atoms with van der Waals surface area (Å²) in [6, 6.07) is 23.5. The van der Waals surface area contributed by atoms with Crippen molar-refractivity contribution in [2.45, 2.75) is 77.2 Å². The van der Waals surface area contributed by atoms with E-state index < -0.39 is 29.7 Å². The van der Waals surface area contributed by atoms with Crippen LogP contribution in [-0.2, 0) is 32.6 Å². The van der Waals surface area contributed by atoms with E-state index in [1.54, 1.807) is 52.0 Å². The van der Waals surface area contributed by atoms with Gasteiger partial charge in [-0.25, -0.2) is 4.79 Å². The number of aliphatic carboxylic acids is 1. The predicted octanol–water partition coefficient (Wildman–Crippen LogP) is 4.00. The molecule has 0 bridgehead atoms. The Morgan fingerprint density at radius 1 is 0.978 bits per heavy atom. The second kappa shape index (κ2) is 16.3. The zero-order valence-corrected chi connectivity index (χ0v) is 27.0. The molecule has 1 aliphatic heterocycles. The molecule has 240 valence electrons. The van der Waals surface area contributed by atoms with Crippen molar-refractivity contribution in [1.82, 2.24) is 10.2 Å². The van der Waals surface area contributed by atoms with Crippen LogP contribution in [0.5, 0.6) is 0 Å². The topological polar surface area (TPSA) is 129 Å². The minimum Gasteiger partial charge on any atom is -0.861 e. The summed E-state index contributed by atoms with van der Waals surface area (Å²) in [7, 11) is 0. The quantitative estimate of drug-likeness (QED) is 0.189. The molecule has 0 unspecified atom stereocenters. The van der Waals surface area contributed by atoms with Gasteiger partial charge >= 0.3 is 22.6 Å². The average Bonchev–Trinajstić information content (AvgIpc) is 3.45. The molecule has 0 saturated carbocycles. The summed E-state index contributed by atoms with van der Waals surface area (Å²) in [6.07, 6.45) is 1.11. The van der Waals surface area contributed by atoms with Gasteiger partial charge in [0.1, 0.15) is 11.6 Å². The Morgan fingerprint density at radius 2 is 1.60 bits per heavy atom. The minimum absolute atomic E-state index is 0. The summed E-state index contributed by atoms with van der Waals surface area (Å²) in [6.45, 7) is 8.38. The van der Waals surface area contributed by atoms with Crippen molar-refractivity contribution in [3.63, 3.8) is 0 Å². The number of rotatable bonds is 11. The molecule has 10 heteroatoms. The molecule has 3 atom stereocenters. The van der Waals surface area contributed by atoms with Crippen molar-refractivity contribution < 1.29 is 41.0 Å². The molecule has 3 aromatic rings. The van der Waals surface area contributed by atoms with Crippen LogP contribution in [0.3, 0.4) is 0 Å². The Bertz CT molecular complexity index is 1470. The van der Waals surface area contributed by atoms with Crippen LogP contribution >= 0.6 is 0 Å². The fourth-order valence-electron chi connectivity index (χ4n) is 5.28. The number of carbonyl (C=O) groups excluding carboxylic acids is 2. The Balaban J connectivity index is 0.00000552. The minimum atomic E-state index is -1.45. The van der Waals surface area contributed by atoms with Gasteiger partial charge in [0.25, 0.3) is 0 Å². The Morgan fingerprint density at radius 3 is 2.22 bits per heavy atom. The standard InChI is InChI=1S/C35H42N4O5.Ni/c1-5-27(37-34(43)44-35(2,3)4)31(33(41)42)38-30(25-17-10-7-11-18-25)26-19-12-13-20-28(26)36-32(40)29-21-14-22-39(29)23-24-15-8-6-9-16-24;/h6-13,15-20,27,29,31H,5,14,21-23H2,1-4H3,(H,36,40)(H,37,43)(H,41,42);/q;+2/p-2/t27-,29+,31+;/m0./s1. The number of benzene rings is 3. The van der Waals surface area contributed by atoms with Gasteiger partial charge in [-0.15, -0.1) is 0 Å². The molecular formula is C35H40N4NiO5. The van der Waals surface area contributed by atoms with Crippen LogP contribution < -0.4 is 15.5 Å². The Kier molecular flexibility index (Phi) is 12.9. The third-order valence-electron chi connectivity index (χ3n) is 7.35. The number of carboxylic acids is 1. The summed E-state index contributed by atoms with van der Waals surface area (Å²) in [4.78, 5) is 36.5. The predicted molar refractivity (Wildman–Crippen MR) is 168 cm³/mol. The first kappa shape index (κ1) is 35.5. The van der Waals surface area contributed by atoms with E-state index in [1.807, 2.05) is 60.7 Å². The third-order valence-corrected chi connectivity index (χ3v) is 7.35. The van der Waals surface area contributed by atoms with E-state index in [4.69, 9.17) is 4.74 Å². The maximum Gasteiger partial charge on any atom is 2.00 e. The first-order chi connectivity index (χ1) is 21.1. The van der Waals surface area contributed by atoms with Crippen molar-refractivity contribution >= 4 is 29.4 Å². The van der Waals surface area contributed by atoms with Gasteiger partial charge in [0.15, 0.2) is 0 Å². The molecule has 1 N–H and O–H groups in total. The van der Waals surface area contributed by atoms with E-state index in [9.17, 15) is 19.8 Å². The Labute approximate surface area is 275 Å². The van der Waals surface area contributed by atoms with E-state index in [-0.39, 0.29) is 34.9 Å². The van der Waals surface area contributed by atoms with E-state index in [0.29, 0.717) is 35.5 Å². The van der Waals surface area contributed by atoms with Gasteiger partial charge in [0.2, 0.25) is 0 Å². The molecule has 1 saturated heterocycles. The number of para-hydroxylation sites is 1. The summed E-state index contributed by atoms with van der Waals surface area (Å²) in [5, 5.41) is 28.8.